The van der Waals surface area contributed by atoms with E-state index in [-0.39, 0.29) is 5.56 Å². The Labute approximate surface area is 102 Å². The molecule has 0 aliphatic carbocycles. The molecule has 5 heteroatoms. The quantitative estimate of drug-likeness (QED) is 0.500. The second kappa shape index (κ2) is 5.20. The SMILES string of the molecule is NN[C@@H](c1ccccc1)c1cc(F)c(F)c(F)c1. The predicted molar refractivity (Wildman–Crippen MR) is 61.9 cm³/mol. The zero-order valence-electron chi connectivity index (χ0n) is 9.33. The van der Waals surface area contributed by atoms with Gasteiger partial charge >= 0.3 is 0 Å². The van der Waals surface area contributed by atoms with Gasteiger partial charge in [0.1, 0.15) is 0 Å². The van der Waals surface area contributed by atoms with Crippen LogP contribution >= 0.6 is 0 Å². The smallest absolute Gasteiger partial charge is 0.194 e. The zero-order chi connectivity index (χ0) is 13.1. The van der Waals surface area contributed by atoms with Crippen molar-refractivity contribution in [1.82, 2.24) is 5.43 Å². The highest BCUT2D eigenvalue weighted by atomic mass is 19.2. The molecule has 2 aromatic rings. The van der Waals surface area contributed by atoms with Crippen LogP contribution in [0.5, 0.6) is 0 Å². The van der Waals surface area contributed by atoms with Crippen LogP contribution in [0.4, 0.5) is 13.2 Å². The van der Waals surface area contributed by atoms with Gasteiger partial charge in [0.2, 0.25) is 0 Å². The average Bonchev–Trinajstić information content (AvgIpc) is 2.38. The van der Waals surface area contributed by atoms with E-state index in [1.165, 1.54) is 0 Å². The number of nitrogens with two attached hydrogens (primary N) is 1. The summed E-state index contributed by atoms with van der Waals surface area (Å²) in [6.07, 6.45) is 0. The highest BCUT2D eigenvalue weighted by Crippen LogP contribution is 2.24. The second-order valence-corrected chi connectivity index (χ2v) is 3.81. The normalized spacial score (nSPS) is 12.4. The van der Waals surface area contributed by atoms with E-state index < -0.39 is 23.5 Å². The van der Waals surface area contributed by atoms with Crippen LogP contribution in [0.3, 0.4) is 0 Å². The third-order valence-corrected chi connectivity index (χ3v) is 2.64. The fraction of sp³-hybridized carbons (Fsp3) is 0.0769. The van der Waals surface area contributed by atoms with E-state index in [0.29, 0.717) is 0 Å². The first kappa shape index (κ1) is 12.6. The molecule has 94 valence electrons. The molecule has 2 aromatic carbocycles. The van der Waals surface area contributed by atoms with Gasteiger partial charge in [0.25, 0.3) is 0 Å². The van der Waals surface area contributed by atoms with Gasteiger partial charge in [-0.15, -0.1) is 0 Å². The monoisotopic (exact) mass is 252 g/mol. The summed E-state index contributed by atoms with van der Waals surface area (Å²) in [5.41, 5.74) is 3.40. The van der Waals surface area contributed by atoms with E-state index in [9.17, 15) is 13.2 Å². The molecule has 0 saturated heterocycles. The van der Waals surface area contributed by atoms with Crippen LogP contribution in [0.2, 0.25) is 0 Å². The van der Waals surface area contributed by atoms with Crippen molar-refractivity contribution in [2.24, 2.45) is 5.84 Å². The lowest BCUT2D eigenvalue weighted by Gasteiger charge is -2.17. The van der Waals surface area contributed by atoms with E-state index in [1.54, 1.807) is 24.3 Å². The number of halogens is 3. The molecule has 0 unspecified atom stereocenters. The van der Waals surface area contributed by atoms with Gasteiger partial charge in [-0.05, 0) is 23.3 Å². The van der Waals surface area contributed by atoms with Crippen molar-refractivity contribution < 1.29 is 13.2 Å². The second-order valence-electron chi connectivity index (χ2n) is 3.81. The molecule has 0 saturated carbocycles. The van der Waals surface area contributed by atoms with E-state index in [4.69, 9.17) is 5.84 Å². The Hall–Kier alpha value is -1.85. The first-order valence-corrected chi connectivity index (χ1v) is 5.29. The van der Waals surface area contributed by atoms with Crippen LogP contribution in [0.25, 0.3) is 0 Å². The van der Waals surface area contributed by atoms with Crippen LogP contribution in [-0.2, 0) is 0 Å². The Bertz CT molecular complexity index is 520. The fourth-order valence-electron chi connectivity index (χ4n) is 1.77. The molecule has 2 nitrogen and oxygen atoms in total. The maximum atomic E-state index is 13.2. The van der Waals surface area contributed by atoms with Crippen molar-refractivity contribution in [1.29, 1.82) is 0 Å². The predicted octanol–water partition coefficient (Wildman–Crippen LogP) is 2.66. The minimum atomic E-state index is -1.48. The van der Waals surface area contributed by atoms with Crippen LogP contribution in [0.15, 0.2) is 42.5 Å². The maximum absolute atomic E-state index is 13.2. The summed E-state index contributed by atoms with van der Waals surface area (Å²) in [6, 6.07) is 10.1. The molecule has 3 N–H and O–H groups in total. The third kappa shape index (κ3) is 2.37. The van der Waals surface area contributed by atoms with Crippen molar-refractivity contribution in [3.05, 3.63) is 71.0 Å². The number of hydrogen-bond donors (Lipinski definition) is 2. The summed E-state index contributed by atoms with van der Waals surface area (Å²) in [5.74, 6) is 1.43. The highest BCUT2D eigenvalue weighted by molar-refractivity contribution is 5.32. The lowest BCUT2D eigenvalue weighted by atomic mass is 9.99. The van der Waals surface area contributed by atoms with Gasteiger partial charge in [0.15, 0.2) is 17.5 Å². The Kier molecular flexibility index (Phi) is 3.64. The Morgan fingerprint density at radius 3 is 1.94 bits per heavy atom. The number of nitrogens with one attached hydrogen (secondary N) is 1. The number of rotatable bonds is 3. The lowest BCUT2D eigenvalue weighted by Crippen LogP contribution is -2.29. The van der Waals surface area contributed by atoms with Crippen LogP contribution in [0.1, 0.15) is 17.2 Å². The molecule has 18 heavy (non-hydrogen) atoms. The van der Waals surface area contributed by atoms with E-state index in [1.807, 2.05) is 6.07 Å². The Balaban J connectivity index is 2.46. The van der Waals surface area contributed by atoms with Gasteiger partial charge in [-0.2, -0.15) is 0 Å². The maximum Gasteiger partial charge on any atom is 0.194 e. The van der Waals surface area contributed by atoms with Crippen molar-refractivity contribution >= 4 is 0 Å². The standard InChI is InChI=1S/C13H11F3N2/c14-10-6-9(7-11(15)12(10)16)13(18-17)8-4-2-1-3-5-8/h1-7,13,18H,17H2/t13-/m0/s1. The lowest BCUT2D eigenvalue weighted by molar-refractivity contribution is 0.442. The van der Waals surface area contributed by atoms with Crippen LogP contribution in [-0.4, -0.2) is 0 Å². The van der Waals surface area contributed by atoms with Crippen molar-refractivity contribution in [2.45, 2.75) is 6.04 Å². The average molecular weight is 252 g/mol. The topological polar surface area (TPSA) is 38.0 Å². The van der Waals surface area contributed by atoms with Gasteiger partial charge in [-0.1, -0.05) is 30.3 Å². The molecule has 0 spiro atoms. The molecular weight excluding hydrogens is 241 g/mol. The summed E-state index contributed by atoms with van der Waals surface area (Å²) >= 11 is 0. The number of benzene rings is 2. The number of hydrogen-bond acceptors (Lipinski definition) is 2. The van der Waals surface area contributed by atoms with Crippen molar-refractivity contribution in [2.75, 3.05) is 0 Å². The highest BCUT2D eigenvalue weighted by Gasteiger charge is 2.17. The molecule has 0 amide bonds. The van der Waals surface area contributed by atoms with Crippen LogP contribution < -0.4 is 11.3 Å². The molecule has 2 rings (SSSR count). The molecule has 0 aliphatic heterocycles. The minimum absolute atomic E-state index is 0.222. The summed E-state index contributed by atoms with van der Waals surface area (Å²) in [4.78, 5) is 0. The summed E-state index contributed by atoms with van der Waals surface area (Å²) in [5, 5.41) is 0. The Morgan fingerprint density at radius 2 is 1.44 bits per heavy atom. The summed E-state index contributed by atoms with van der Waals surface area (Å²) in [7, 11) is 0. The molecule has 0 bridgehead atoms. The Morgan fingerprint density at radius 1 is 0.889 bits per heavy atom. The summed E-state index contributed by atoms with van der Waals surface area (Å²) in [6.45, 7) is 0. The zero-order valence-corrected chi connectivity index (χ0v) is 9.33. The minimum Gasteiger partial charge on any atom is -0.271 e. The van der Waals surface area contributed by atoms with Gasteiger partial charge in [-0.25, -0.2) is 18.6 Å². The van der Waals surface area contributed by atoms with Crippen molar-refractivity contribution in [3.63, 3.8) is 0 Å². The first-order chi connectivity index (χ1) is 8.63. The van der Waals surface area contributed by atoms with Gasteiger partial charge < -0.3 is 0 Å². The van der Waals surface area contributed by atoms with E-state index in [2.05, 4.69) is 5.43 Å². The molecular formula is C13H11F3N2. The molecule has 0 fully saturated rings. The van der Waals surface area contributed by atoms with Crippen LogP contribution in [0, 0.1) is 17.5 Å². The first-order valence-electron chi connectivity index (χ1n) is 5.29. The summed E-state index contributed by atoms with van der Waals surface area (Å²) < 4.78 is 39.2. The molecule has 0 radical (unpaired) electrons. The van der Waals surface area contributed by atoms with Gasteiger partial charge in [0, 0.05) is 0 Å². The van der Waals surface area contributed by atoms with Crippen molar-refractivity contribution in [3.8, 4) is 0 Å². The fourth-order valence-corrected chi connectivity index (χ4v) is 1.77. The molecule has 0 aliphatic rings. The largest absolute Gasteiger partial charge is 0.271 e. The van der Waals surface area contributed by atoms with E-state index >= 15 is 0 Å². The molecule has 0 heterocycles. The number of hydrazine groups is 1. The third-order valence-electron chi connectivity index (χ3n) is 2.64. The van der Waals surface area contributed by atoms with Gasteiger partial charge in [0.05, 0.1) is 6.04 Å². The molecule has 0 aromatic heterocycles. The van der Waals surface area contributed by atoms with Gasteiger partial charge in [-0.3, -0.25) is 5.84 Å². The van der Waals surface area contributed by atoms with E-state index in [0.717, 1.165) is 17.7 Å². The molecule has 1 atom stereocenters.